The van der Waals surface area contributed by atoms with E-state index in [4.69, 9.17) is 15.2 Å². The van der Waals surface area contributed by atoms with E-state index in [1.165, 1.54) is 9.80 Å². The van der Waals surface area contributed by atoms with Gasteiger partial charge in [-0.05, 0) is 30.5 Å². The Hall–Kier alpha value is -3.38. The number of hydrogen-bond donors (Lipinski definition) is 2. The smallest absolute Gasteiger partial charge is 0.326 e. The minimum absolute atomic E-state index is 0.0288. The van der Waals surface area contributed by atoms with Crippen LogP contribution in [0.15, 0.2) is 18.2 Å². The van der Waals surface area contributed by atoms with Gasteiger partial charge >= 0.3 is 12.0 Å². The standard InChI is InChI=1S/C27H39N5O7/c1-3-4-10-30(13-9-28)24(34)16-31-15-19(18-5-6-21-22(14-18)39-17-38-21)25(26(35)36)20(31)7-12-32-23(33)8-11-29(2)27(32)37/h5-6,14,19-20,25H,3-4,7-13,15-17,28H2,1-2H3,(H,35,36)/t19-,20+,25?/m1/s1. The van der Waals surface area contributed by atoms with E-state index in [0.717, 1.165) is 18.4 Å². The zero-order valence-corrected chi connectivity index (χ0v) is 22.7. The first-order valence-corrected chi connectivity index (χ1v) is 13.6. The molecule has 3 aliphatic heterocycles. The highest BCUT2D eigenvalue weighted by molar-refractivity contribution is 5.96. The summed E-state index contributed by atoms with van der Waals surface area (Å²) in [5, 5.41) is 10.4. The minimum Gasteiger partial charge on any atom is -0.481 e. The molecule has 0 aromatic heterocycles. The fraction of sp³-hybridized carbons (Fsp3) is 0.630. The van der Waals surface area contributed by atoms with Crippen molar-refractivity contribution in [1.82, 2.24) is 19.6 Å². The molecule has 2 saturated heterocycles. The molecule has 3 aliphatic rings. The molecule has 39 heavy (non-hydrogen) atoms. The number of aliphatic carboxylic acids is 1. The van der Waals surface area contributed by atoms with Gasteiger partial charge in [-0.1, -0.05) is 19.4 Å². The number of ether oxygens (including phenoxy) is 2. The van der Waals surface area contributed by atoms with Crippen molar-refractivity contribution < 1.29 is 33.8 Å². The number of carboxylic acids is 1. The first kappa shape index (κ1) is 28.6. The van der Waals surface area contributed by atoms with Gasteiger partial charge in [0.05, 0.1) is 12.5 Å². The number of benzene rings is 1. The number of likely N-dealkylation sites (tertiary alicyclic amines) is 1. The Bertz CT molecular complexity index is 1080. The molecule has 1 unspecified atom stereocenters. The van der Waals surface area contributed by atoms with Gasteiger partial charge in [0.25, 0.3) is 0 Å². The normalized spacial score (nSPS) is 23.0. The predicted molar refractivity (Wildman–Crippen MR) is 141 cm³/mol. The van der Waals surface area contributed by atoms with Gasteiger partial charge < -0.3 is 30.1 Å². The van der Waals surface area contributed by atoms with Crippen molar-refractivity contribution >= 4 is 23.8 Å². The number of amides is 4. The molecular weight excluding hydrogens is 506 g/mol. The van der Waals surface area contributed by atoms with Crippen molar-refractivity contribution in [3.8, 4) is 11.5 Å². The second kappa shape index (κ2) is 12.6. The number of carboxylic acid groups (broad SMARTS) is 1. The SMILES string of the molecule is CCCCN(CCN)C(=O)CN1C[C@H](c2ccc3c(c2)OCO3)C(C(=O)O)[C@@H]1CCN1C(=O)CCN(C)C1=O. The molecule has 2 fully saturated rings. The van der Waals surface area contributed by atoms with E-state index in [0.29, 0.717) is 44.2 Å². The van der Waals surface area contributed by atoms with Gasteiger partial charge in [-0.3, -0.25) is 24.2 Å². The van der Waals surface area contributed by atoms with Crippen LogP contribution in [-0.4, -0.2) is 114 Å². The fourth-order valence-electron chi connectivity index (χ4n) is 5.76. The number of nitrogens with two attached hydrogens (primary N) is 1. The van der Waals surface area contributed by atoms with E-state index < -0.39 is 23.8 Å². The zero-order chi connectivity index (χ0) is 28.1. The number of hydrogen-bond acceptors (Lipinski definition) is 8. The van der Waals surface area contributed by atoms with Gasteiger partial charge in [-0.25, -0.2) is 4.79 Å². The maximum Gasteiger partial charge on any atom is 0.326 e. The molecule has 0 radical (unpaired) electrons. The van der Waals surface area contributed by atoms with Crippen LogP contribution in [0.4, 0.5) is 4.79 Å². The van der Waals surface area contributed by atoms with Crippen molar-refractivity contribution in [2.45, 2.75) is 44.6 Å². The predicted octanol–water partition coefficient (Wildman–Crippen LogP) is 1.15. The van der Waals surface area contributed by atoms with Gasteiger partial charge in [-0.15, -0.1) is 0 Å². The summed E-state index contributed by atoms with van der Waals surface area (Å²) in [6.45, 7) is 4.31. The molecular formula is C27H39N5O7. The van der Waals surface area contributed by atoms with Crippen LogP contribution in [0.2, 0.25) is 0 Å². The largest absolute Gasteiger partial charge is 0.481 e. The average Bonchev–Trinajstić information content (AvgIpc) is 3.53. The summed E-state index contributed by atoms with van der Waals surface area (Å²) in [5.41, 5.74) is 6.54. The fourth-order valence-corrected chi connectivity index (χ4v) is 5.76. The van der Waals surface area contributed by atoms with Crippen LogP contribution < -0.4 is 15.2 Å². The molecule has 0 aliphatic carbocycles. The van der Waals surface area contributed by atoms with E-state index in [1.54, 1.807) is 24.1 Å². The maximum atomic E-state index is 13.4. The van der Waals surface area contributed by atoms with Gasteiger partial charge in [0.15, 0.2) is 11.5 Å². The van der Waals surface area contributed by atoms with Gasteiger partial charge in [-0.2, -0.15) is 0 Å². The third-order valence-electron chi connectivity index (χ3n) is 7.90. The minimum atomic E-state index is -0.990. The van der Waals surface area contributed by atoms with Gasteiger partial charge in [0, 0.05) is 64.7 Å². The number of fused-ring (bicyclic) bond motifs is 1. The average molecular weight is 546 g/mol. The van der Waals surface area contributed by atoms with Crippen LogP contribution in [0.1, 0.15) is 44.1 Å². The zero-order valence-electron chi connectivity index (χ0n) is 22.7. The van der Waals surface area contributed by atoms with Crippen LogP contribution in [0.3, 0.4) is 0 Å². The number of rotatable bonds is 12. The molecule has 12 heteroatoms. The summed E-state index contributed by atoms with van der Waals surface area (Å²) < 4.78 is 10.9. The highest BCUT2D eigenvalue weighted by atomic mass is 16.7. The second-order valence-corrected chi connectivity index (χ2v) is 10.4. The molecule has 0 spiro atoms. The van der Waals surface area contributed by atoms with Crippen LogP contribution in [0.5, 0.6) is 11.5 Å². The summed E-state index contributed by atoms with van der Waals surface area (Å²) in [7, 11) is 1.64. The van der Waals surface area contributed by atoms with Crippen molar-refractivity contribution in [2.75, 3.05) is 59.7 Å². The summed E-state index contributed by atoms with van der Waals surface area (Å²) in [6.07, 6.45) is 2.24. The summed E-state index contributed by atoms with van der Waals surface area (Å²) in [4.78, 5) is 57.6. The molecule has 3 heterocycles. The molecule has 12 nitrogen and oxygen atoms in total. The number of carbonyl (C=O) groups is 4. The van der Waals surface area contributed by atoms with Crippen molar-refractivity contribution in [3.05, 3.63) is 23.8 Å². The van der Waals surface area contributed by atoms with Gasteiger partial charge in [0.2, 0.25) is 18.6 Å². The quantitative estimate of drug-likeness (QED) is 0.395. The Balaban J connectivity index is 1.60. The van der Waals surface area contributed by atoms with E-state index in [9.17, 15) is 24.3 Å². The Morgan fingerprint density at radius 3 is 2.67 bits per heavy atom. The number of urea groups is 1. The summed E-state index contributed by atoms with van der Waals surface area (Å²) in [5.74, 6) is -1.49. The number of unbranched alkanes of at least 4 members (excludes halogenated alkanes) is 1. The number of nitrogens with zero attached hydrogens (tertiary/aromatic N) is 4. The lowest BCUT2D eigenvalue weighted by atomic mass is 9.84. The highest BCUT2D eigenvalue weighted by Gasteiger charge is 2.48. The first-order chi connectivity index (χ1) is 18.7. The maximum absolute atomic E-state index is 13.4. The molecule has 0 saturated carbocycles. The molecule has 4 rings (SSSR count). The Kier molecular flexibility index (Phi) is 9.28. The van der Waals surface area contributed by atoms with Crippen LogP contribution in [-0.2, 0) is 14.4 Å². The Labute approximate surface area is 228 Å². The van der Waals surface area contributed by atoms with Crippen LogP contribution in [0, 0.1) is 5.92 Å². The van der Waals surface area contributed by atoms with Crippen molar-refractivity contribution in [3.63, 3.8) is 0 Å². The van der Waals surface area contributed by atoms with E-state index in [2.05, 4.69) is 6.92 Å². The third-order valence-corrected chi connectivity index (χ3v) is 7.90. The first-order valence-electron chi connectivity index (χ1n) is 13.6. The molecule has 1 aromatic carbocycles. The number of imide groups is 1. The molecule has 0 bridgehead atoms. The lowest BCUT2D eigenvalue weighted by Gasteiger charge is -2.34. The van der Waals surface area contributed by atoms with Crippen LogP contribution >= 0.6 is 0 Å². The molecule has 3 atom stereocenters. The molecule has 4 amide bonds. The van der Waals surface area contributed by atoms with E-state index in [-0.39, 0.29) is 50.6 Å². The summed E-state index contributed by atoms with van der Waals surface area (Å²) >= 11 is 0. The van der Waals surface area contributed by atoms with Crippen LogP contribution in [0.25, 0.3) is 0 Å². The van der Waals surface area contributed by atoms with E-state index in [1.807, 2.05) is 11.0 Å². The second-order valence-electron chi connectivity index (χ2n) is 10.4. The summed E-state index contributed by atoms with van der Waals surface area (Å²) in [6, 6.07) is 4.46. The molecule has 214 valence electrons. The topological polar surface area (TPSA) is 146 Å². The lowest BCUT2D eigenvalue weighted by Crippen LogP contribution is -2.52. The monoisotopic (exact) mass is 545 g/mol. The van der Waals surface area contributed by atoms with Gasteiger partial charge in [0.1, 0.15) is 0 Å². The third kappa shape index (κ3) is 6.27. The Morgan fingerprint density at radius 2 is 1.95 bits per heavy atom. The highest BCUT2D eigenvalue weighted by Crippen LogP contribution is 2.42. The molecule has 3 N–H and O–H groups in total. The van der Waals surface area contributed by atoms with E-state index >= 15 is 0 Å². The Morgan fingerprint density at radius 1 is 1.18 bits per heavy atom. The molecule has 1 aromatic rings. The number of carbonyl (C=O) groups excluding carboxylic acids is 3. The van der Waals surface area contributed by atoms with Crippen molar-refractivity contribution in [1.29, 1.82) is 0 Å². The lowest BCUT2D eigenvalue weighted by molar-refractivity contribution is -0.144. The van der Waals surface area contributed by atoms with Crippen molar-refractivity contribution in [2.24, 2.45) is 11.7 Å².